The Morgan fingerprint density at radius 1 is 1.24 bits per heavy atom. The number of nitrogens with zero attached hydrogens (tertiary/aromatic N) is 2. The van der Waals surface area contributed by atoms with Gasteiger partial charge in [-0.05, 0) is 43.2 Å². The average molecular weight is 224 g/mol. The summed E-state index contributed by atoms with van der Waals surface area (Å²) in [7, 11) is 0. The molecule has 1 aromatic carbocycles. The maximum absolute atomic E-state index is 12.0. The first-order chi connectivity index (χ1) is 8.13. The largest absolute Gasteiger partial charge is 0.283 e. The molecule has 0 unspecified atom stereocenters. The normalized spacial score (nSPS) is 9.94. The molecule has 0 radical (unpaired) electrons. The van der Waals surface area contributed by atoms with E-state index in [1.807, 2.05) is 38.1 Å². The lowest BCUT2D eigenvalue weighted by Gasteiger charge is -2.10. The Balaban J connectivity index is 2.74. The predicted octanol–water partition coefficient (Wildman–Crippen LogP) is 2.33. The van der Waals surface area contributed by atoms with Gasteiger partial charge in [0, 0.05) is 6.20 Å². The molecule has 0 fully saturated rings. The van der Waals surface area contributed by atoms with Crippen LogP contribution in [0.4, 0.5) is 0 Å². The van der Waals surface area contributed by atoms with Gasteiger partial charge in [-0.25, -0.2) is 0 Å². The van der Waals surface area contributed by atoms with Crippen LogP contribution < -0.4 is 5.56 Å². The first-order valence-corrected chi connectivity index (χ1v) is 5.33. The maximum Gasteiger partial charge on any atom is 0.272 e. The van der Waals surface area contributed by atoms with Crippen LogP contribution in [0.15, 0.2) is 41.3 Å². The number of rotatable bonds is 1. The summed E-state index contributed by atoms with van der Waals surface area (Å²) in [6.07, 6.45) is 1.69. The third-order valence-electron chi connectivity index (χ3n) is 2.69. The number of aromatic nitrogens is 1. The standard InChI is InChI=1S/C14H12N2O/c1-10-5-6-11(2)13(8-10)16-7-3-4-12(9-15)14(16)17/h3-8H,1-2H3. The molecule has 0 aliphatic carbocycles. The van der Waals surface area contributed by atoms with E-state index in [4.69, 9.17) is 5.26 Å². The SMILES string of the molecule is Cc1ccc(C)c(-n2cccc(C#N)c2=O)c1. The van der Waals surface area contributed by atoms with Crippen molar-refractivity contribution in [2.24, 2.45) is 0 Å². The first kappa shape index (κ1) is 11.2. The number of pyridine rings is 1. The molecule has 0 aliphatic rings. The van der Waals surface area contributed by atoms with Gasteiger partial charge in [0.05, 0.1) is 5.69 Å². The van der Waals surface area contributed by atoms with Gasteiger partial charge in [0.1, 0.15) is 11.6 Å². The first-order valence-electron chi connectivity index (χ1n) is 5.33. The summed E-state index contributed by atoms with van der Waals surface area (Å²) in [5, 5.41) is 8.85. The Labute approximate surface area is 99.6 Å². The highest BCUT2D eigenvalue weighted by molar-refractivity contribution is 5.44. The molecule has 3 heteroatoms. The third kappa shape index (κ3) is 1.98. The lowest BCUT2D eigenvalue weighted by Crippen LogP contribution is -2.20. The van der Waals surface area contributed by atoms with Gasteiger partial charge in [-0.15, -0.1) is 0 Å². The van der Waals surface area contributed by atoms with Crippen molar-refractivity contribution in [3.8, 4) is 11.8 Å². The minimum Gasteiger partial charge on any atom is -0.283 e. The number of aryl methyl sites for hydroxylation is 2. The molecule has 0 N–H and O–H groups in total. The van der Waals surface area contributed by atoms with Crippen LogP contribution in [0, 0.1) is 25.2 Å². The van der Waals surface area contributed by atoms with Gasteiger partial charge in [-0.2, -0.15) is 5.26 Å². The lowest BCUT2D eigenvalue weighted by molar-refractivity contribution is 0.968. The maximum atomic E-state index is 12.0. The number of hydrogen-bond donors (Lipinski definition) is 0. The fourth-order valence-electron chi connectivity index (χ4n) is 1.75. The molecule has 0 amide bonds. The van der Waals surface area contributed by atoms with Crippen LogP contribution in [-0.4, -0.2) is 4.57 Å². The smallest absolute Gasteiger partial charge is 0.272 e. The van der Waals surface area contributed by atoms with Crippen LogP contribution >= 0.6 is 0 Å². The van der Waals surface area contributed by atoms with Crippen molar-refractivity contribution in [3.05, 3.63) is 63.6 Å². The van der Waals surface area contributed by atoms with E-state index in [0.717, 1.165) is 16.8 Å². The molecule has 0 spiro atoms. The molecule has 17 heavy (non-hydrogen) atoms. The molecule has 0 bridgehead atoms. The molecule has 0 atom stereocenters. The van der Waals surface area contributed by atoms with E-state index < -0.39 is 0 Å². The molecule has 84 valence electrons. The summed E-state index contributed by atoms with van der Waals surface area (Å²) in [5.74, 6) is 0. The minimum absolute atomic E-state index is 0.161. The average Bonchev–Trinajstić information content (AvgIpc) is 2.33. The zero-order chi connectivity index (χ0) is 12.4. The van der Waals surface area contributed by atoms with Crippen molar-refractivity contribution in [1.29, 1.82) is 5.26 Å². The highest BCUT2D eigenvalue weighted by atomic mass is 16.1. The second-order valence-corrected chi connectivity index (χ2v) is 4.00. The molecule has 1 heterocycles. The molecule has 2 aromatic rings. The van der Waals surface area contributed by atoms with E-state index in [1.54, 1.807) is 12.3 Å². The topological polar surface area (TPSA) is 45.8 Å². The predicted molar refractivity (Wildman–Crippen MR) is 66.2 cm³/mol. The zero-order valence-electron chi connectivity index (χ0n) is 9.77. The van der Waals surface area contributed by atoms with Gasteiger partial charge in [-0.3, -0.25) is 9.36 Å². The Bertz CT molecular complexity index is 663. The summed E-state index contributed by atoms with van der Waals surface area (Å²) < 4.78 is 1.51. The third-order valence-corrected chi connectivity index (χ3v) is 2.69. The summed E-state index contributed by atoms with van der Waals surface area (Å²) in [4.78, 5) is 12.0. The molecular formula is C14H12N2O. The van der Waals surface area contributed by atoms with Crippen LogP contribution in [0.2, 0.25) is 0 Å². The Hall–Kier alpha value is -2.34. The van der Waals surface area contributed by atoms with Gasteiger partial charge >= 0.3 is 0 Å². The Morgan fingerprint density at radius 3 is 2.71 bits per heavy atom. The van der Waals surface area contributed by atoms with E-state index in [0.29, 0.717) is 0 Å². The summed E-state index contributed by atoms with van der Waals surface area (Å²) >= 11 is 0. The quantitative estimate of drug-likeness (QED) is 0.746. The fourth-order valence-corrected chi connectivity index (χ4v) is 1.75. The highest BCUT2D eigenvalue weighted by Gasteiger charge is 2.06. The van der Waals surface area contributed by atoms with E-state index >= 15 is 0 Å². The van der Waals surface area contributed by atoms with Crippen LogP contribution in [0.3, 0.4) is 0 Å². The highest BCUT2D eigenvalue weighted by Crippen LogP contribution is 2.14. The van der Waals surface area contributed by atoms with E-state index in [-0.39, 0.29) is 11.1 Å². The molecule has 2 rings (SSSR count). The van der Waals surface area contributed by atoms with Crippen molar-refractivity contribution < 1.29 is 0 Å². The Morgan fingerprint density at radius 2 is 2.00 bits per heavy atom. The van der Waals surface area contributed by atoms with E-state index in [9.17, 15) is 4.79 Å². The lowest BCUT2D eigenvalue weighted by atomic mass is 10.1. The Kier molecular flexibility index (Phi) is 2.80. The zero-order valence-corrected chi connectivity index (χ0v) is 9.77. The van der Waals surface area contributed by atoms with Crippen LogP contribution in [0.25, 0.3) is 5.69 Å². The van der Waals surface area contributed by atoms with Gasteiger partial charge in [0.25, 0.3) is 5.56 Å². The second kappa shape index (κ2) is 4.26. The van der Waals surface area contributed by atoms with Gasteiger partial charge in [0.2, 0.25) is 0 Å². The number of nitriles is 1. The van der Waals surface area contributed by atoms with Crippen molar-refractivity contribution in [2.45, 2.75) is 13.8 Å². The van der Waals surface area contributed by atoms with Crippen molar-refractivity contribution >= 4 is 0 Å². The summed E-state index contributed by atoms with van der Waals surface area (Å²) in [6.45, 7) is 3.92. The molecule has 0 saturated carbocycles. The molecule has 3 nitrogen and oxygen atoms in total. The summed E-state index contributed by atoms with van der Waals surface area (Å²) in [6, 6.07) is 11.1. The van der Waals surface area contributed by atoms with Crippen LogP contribution in [-0.2, 0) is 0 Å². The van der Waals surface area contributed by atoms with Gasteiger partial charge in [0.15, 0.2) is 0 Å². The van der Waals surface area contributed by atoms with Gasteiger partial charge in [-0.1, -0.05) is 12.1 Å². The minimum atomic E-state index is -0.274. The summed E-state index contributed by atoms with van der Waals surface area (Å²) in [5.41, 5.74) is 2.80. The second-order valence-electron chi connectivity index (χ2n) is 4.00. The van der Waals surface area contributed by atoms with Crippen LogP contribution in [0.5, 0.6) is 0 Å². The molecule has 0 aliphatic heterocycles. The fraction of sp³-hybridized carbons (Fsp3) is 0.143. The van der Waals surface area contributed by atoms with E-state index in [1.165, 1.54) is 10.6 Å². The van der Waals surface area contributed by atoms with E-state index in [2.05, 4.69) is 0 Å². The molecular weight excluding hydrogens is 212 g/mol. The van der Waals surface area contributed by atoms with Crippen LogP contribution in [0.1, 0.15) is 16.7 Å². The molecule has 0 saturated heterocycles. The number of hydrogen-bond acceptors (Lipinski definition) is 2. The number of benzene rings is 1. The molecule has 1 aromatic heterocycles. The van der Waals surface area contributed by atoms with Crippen molar-refractivity contribution in [2.75, 3.05) is 0 Å². The monoisotopic (exact) mass is 224 g/mol. The van der Waals surface area contributed by atoms with Crippen molar-refractivity contribution in [3.63, 3.8) is 0 Å². The van der Waals surface area contributed by atoms with Gasteiger partial charge < -0.3 is 0 Å². The van der Waals surface area contributed by atoms with Crippen molar-refractivity contribution in [1.82, 2.24) is 4.57 Å².